The zero-order valence-electron chi connectivity index (χ0n) is 10.0. The standard InChI is InChI=1S/C11H14FN3O3S/c12-9-5-8(19(13,17)18)2-3-10(9)15-7-1-4-11(16)14-6-7/h2-3,5,7,15H,1,4,6H2,(H,14,16)(H2,13,17,18). The van der Waals surface area contributed by atoms with E-state index < -0.39 is 15.8 Å². The maximum atomic E-state index is 13.7. The first-order valence-corrected chi connectivity index (χ1v) is 7.26. The molecule has 0 aliphatic carbocycles. The Labute approximate surface area is 110 Å². The number of anilines is 1. The Kier molecular flexibility index (Phi) is 3.72. The second-order valence-electron chi connectivity index (χ2n) is 4.37. The minimum atomic E-state index is -3.91. The van der Waals surface area contributed by atoms with Crippen LogP contribution in [0.25, 0.3) is 0 Å². The van der Waals surface area contributed by atoms with Crippen molar-refractivity contribution >= 4 is 21.6 Å². The molecular formula is C11H14FN3O3S. The summed E-state index contributed by atoms with van der Waals surface area (Å²) in [5.41, 5.74) is 0.188. The van der Waals surface area contributed by atoms with Gasteiger partial charge in [0.2, 0.25) is 15.9 Å². The molecule has 0 aromatic heterocycles. The molecule has 0 spiro atoms. The van der Waals surface area contributed by atoms with Gasteiger partial charge in [-0.15, -0.1) is 0 Å². The number of benzene rings is 1. The van der Waals surface area contributed by atoms with Crippen LogP contribution in [-0.4, -0.2) is 26.9 Å². The summed E-state index contributed by atoms with van der Waals surface area (Å²) in [6.07, 6.45) is 0.983. The van der Waals surface area contributed by atoms with Gasteiger partial charge in [-0.05, 0) is 24.6 Å². The number of sulfonamides is 1. The zero-order valence-corrected chi connectivity index (χ0v) is 10.8. The van der Waals surface area contributed by atoms with Gasteiger partial charge in [-0.3, -0.25) is 4.79 Å². The quantitative estimate of drug-likeness (QED) is 0.737. The highest BCUT2D eigenvalue weighted by molar-refractivity contribution is 7.89. The van der Waals surface area contributed by atoms with Crippen LogP contribution < -0.4 is 15.8 Å². The van der Waals surface area contributed by atoms with E-state index >= 15 is 0 Å². The van der Waals surface area contributed by atoms with Crippen molar-refractivity contribution in [3.63, 3.8) is 0 Å². The molecule has 8 heteroatoms. The number of carbonyl (C=O) groups excluding carboxylic acids is 1. The monoisotopic (exact) mass is 287 g/mol. The van der Waals surface area contributed by atoms with E-state index in [9.17, 15) is 17.6 Å². The van der Waals surface area contributed by atoms with Crippen LogP contribution >= 0.6 is 0 Å². The Morgan fingerprint density at radius 1 is 1.42 bits per heavy atom. The van der Waals surface area contributed by atoms with Gasteiger partial charge in [-0.2, -0.15) is 0 Å². The molecule has 1 aliphatic rings. The van der Waals surface area contributed by atoms with Gasteiger partial charge < -0.3 is 10.6 Å². The normalized spacial score (nSPS) is 19.9. The van der Waals surface area contributed by atoms with Crippen LogP contribution in [0.4, 0.5) is 10.1 Å². The van der Waals surface area contributed by atoms with Crippen molar-refractivity contribution < 1.29 is 17.6 Å². The molecule has 1 atom stereocenters. The molecule has 1 aromatic rings. The minimum Gasteiger partial charge on any atom is -0.378 e. The Balaban J connectivity index is 2.11. The number of carbonyl (C=O) groups is 1. The minimum absolute atomic E-state index is 0.0249. The van der Waals surface area contributed by atoms with Crippen molar-refractivity contribution in [2.45, 2.75) is 23.8 Å². The second kappa shape index (κ2) is 5.14. The lowest BCUT2D eigenvalue weighted by Crippen LogP contribution is -2.42. The molecule has 1 saturated heterocycles. The smallest absolute Gasteiger partial charge is 0.238 e. The summed E-state index contributed by atoms with van der Waals surface area (Å²) < 4.78 is 35.9. The molecule has 0 radical (unpaired) electrons. The summed E-state index contributed by atoms with van der Waals surface area (Å²) in [4.78, 5) is 10.7. The average molecular weight is 287 g/mol. The van der Waals surface area contributed by atoms with Gasteiger partial charge in [-0.25, -0.2) is 17.9 Å². The van der Waals surface area contributed by atoms with Gasteiger partial charge in [0.1, 0.15) is 5.82 Å². The van der Waals surface area contributed by atoms with Crippen molar-refractivity contribution in [1.29, 1.82) is 0 Å². The predicted octanol–water partition coefficient (Wildman–Crippen LogP) is 0.164. The molecule has 104 valence electrons. The first-order valence-electron chi connectivity index (χ1n) is 5.72. The number of hydrogen-bond donors (Lipinski definition) is 3. The molecule has 1 aliphatic heterocycles. The maximum absolute atomic E-state index is 13.7. The summed E-state index contributed by atoms with van der Waals surface area (Å²) in [6, 6.07) is 3.36. The molecule has 6 nitrogen and oxygen atoms in total. The van der Waals surface area contributed by atoms with E-state index in [0.29, 0.717) is 19.4 Å². The van der Waals surface area contributed by atoms with Gasteiger partial charge in [0.25, 0.3) is 0 Å². The summed E-state index contributed by atoms with van der Waals surface area (Å²) in [6.45, 7) is 0.412. The van der Waals surface area contributed by atoms with E-state index in [0.717, 1.165) is 6.07 Å². The molecule has 1 unspecified atom stereocenters. The van der Waals surface area contributed by atoms with E-state index in [-0.39, 0.29) is 22.5 Å². The molecule has 1 fully saturated rings. The molecule has 2 rings (SSSR count). The predicted molar refractivity (Wildman–Crippen MR) is 67.4 cm³/mol. The Hall–Kier alpha value is -1.67. The lowest BCUT2D eigenvalue weighted by atomic mass is 10.1. The van der Waals surface area contributed by atoms with Crippen LogP contribution in [-0.2, 0) is 14.8 Å². The molecular weight excluding hydrogens is 273 g/mol. The fourth-order valence-corrected chi connectivity index (χ4v) is 2.39. The molecule has 4 N–H and O–H groups in total. The van der Waals surface area contributed by atoms with Gasteiger partial charge in [-0.1, -0.05) is 0 Å². The maximum Gasteiger partial charge on any atom is 0.238 e. The van der Waals surface area contributed by atoms with E-state index in [1.54, 1.807) is 0 Å². The summed E-state index contributed by atoms with van der Waals surface area (Å²) in [5, 5.41) is 10.5. The molecule has 0 saturated carbocycles. The third kappa shape index (κ3) is 3.42. The number of primary sulfonamides is 1. The van der Waals surface area contributed by atoms with Crippen molar-refractivity contribution in [2.24, 2.45) is 5.14 Å². The first kappa shape index (κ1) is 13.8. The molecule has 0 bridgehead atoms. The van der Waals surface area contributed by atoms with Crippen LogP contribution in [0, 0.1) is 5.82 Å². The largest absolute Gasteiger partial charge is 0.378 e. The fraction of sp³-hybridized carbons (Fsp3) is 0.364. The van der Waals surface area contributed by atoms with Crippen molar-refractivity contribution in [3.8, 4) is 0 Å². The number of amides is 1. The van der Waals surface area contributed by atoms with E-state index in [1.807, 2.05) is 0 Å². The molecule has 1 amide bonds. The first-order chi connectivity index (χ1) is 8.86. The Bertz CT molecular complexity index is 593. The number of halogens is 1. The molecule has 1 aromatic carbocycles. The Morgan fingerprint density at radius 2 is 2.16 bits per heavy atom. The lowest BCUT2D eigenvalue weighted by Gasteiger charge is -2.24. The second-order valence-corrected chi connectivity index (χ2v) is 5.93. The number of nitrogens with two attached hydrogens (primary N) is 1. The van der Waals surface area contributed by atoms with Gasteiger partial charge in [0, 0.05) is 19.0 Å². The highest BCUT2D eigenvalue weighted by Gasteiger charge is 2.19. The third-order valence-electron chi connectivity index (χ3n) is 2.89. The number of hydrogen-bond acceptors (Lipinski definition) is 4. The number of nitrogens with one attached hydrogen (secondary N) is 2. The van der Waals surface area contributed by atoms with E-state index in [1.165, 1.54) is 12.1 Å². The topological polar surface area (TPSA) is 101 Å². The van der Waals surface area contributed by atoms with Crippen LogP contribution in [0.2, 0.25) is 0 Å². The highest BCUT2D eigenvalue weighted by atomic mass is 32.2. The number of rotatable bonds is 3. The van der Waals surface area contributed by atoms with Crippen LogP contribution in [0.1, 0.15) is 12.8 Å². The molecule has 1 heterocycles. The summed E-state index contributed by atoms with van der Waals surface area (Å²) in [7, 11) is -3.91. The van der Waals surface area contributed by atoms with Gasteiger partial charge in [0.05, 0.1) is 10.6 Å². The summed E-state index contributed by atoms with van der Waals surface area (Å²) in [5.74, 6) is -0.716. The van der Waals surface area contributed by atoms with Crippen molar-refractivity contribution in [2.75, 3.05) is 11.9 Å². The average Bonchev–Trinajstić information content (AvgIpc) is 2.33. The van der Waals surface area contributed by atoms with Crippen LogP contribution in [0.3, 0.4) is 0 Å². The van der Waals surface area contributed by atoms with E-state index in [4.69, 9.17) is 5.14 Å². The van der Waals surface area contributed by atoms with Crippen LogP contribution in [0.15, 0.2) is 23.1 Å². The van der Waals surface area contributed by atoms with Crippen molar-refractivity contribution in [1.82, 2.24) is 5.32 Å². The fourth-order valence-electron chi connectivity index (χ4n) is 1.87. The van der Waals surface area contributed by atoms with Gasteiger partial charge >= 0.3 is 0 Å². The summed E-state index contributed by atoms with van der Waals surface area (Å²) >= 11 is 0. The SMILES string of the molecule is NS(=O)(=O)c1ccc(NC2CCC(=O)NC2)c(F)c1. The molecule has 19 heavy (non-hydrogen) atoms. The Morgan fingerprint density at radius 3 is 2.68 bits per heavy atom. The highest BCUT2D eigenvalue weighted by Crippen LogP contribution is 2.20. The zero-order chi connectivity index (χ0) is 14.0. The van der Waals surface area contributed by atoms with Gasteiger partial charge in [0.15, 0.2) is 0 Å². The third-order valence-corrected chi connectivity index (χ3v) is 3.81. The van der Waals surface area contributed by atoms with E-state index in [2.05, 4.69) is 10.6 Å². The lowest BCUT2D eigenvalue weighted by molar-refractivity contribution is -0.122. The van der Waals surface area contributed by atoms with Crippen LogP contribution in [0.5, 0.6) is 0 Å². The van der Waals surface area contributed by atoms with Crippen molar-refractivity contribution in [3.05, 3.63) is 24.0 Å². The number of piperidine rings is 1.